The molecule has 14 heavy (non-hydrogen) atoms. The Labute approximate surface area is 87.9 Å². The lowest BCUT2D eigenvalue weighted by molar-refractivity contribution is 0.360. The van der Waals surface area contributed by atoms with Gasteiger partial charge in [0.15, 0.2) is 0 Å². The third kappa shape index (κ3) is 2.66. The Morgan fingerprint density at radius 3 is 2.79 bits per heavy atom. The van der Waals surface area contributed by atoms with Gasteiger partial charge in [0.2, 0.25) is 0 Å². The van der Waals surface area contributed by atoms with Gasteiger partial charge in [-0.2, -0.15) is 0 Å². The zero-order valence-electron chi connectivity index (χ0n) is 9.77. The third-order valence-electron chi connectivity index (χ3n) is 3.05. The Balaban J connectivity index is 2.69. The van der Waals surface area contributed by atoms with Crippen LogP contribution >= 0.6 is 0 Å². The molecule has 0 spiro atoms. The second-order valence-electron chi connectivity index (χ2n) is 4.61. The summed E-state index contributed by atoms with van der Waals surface area (Å²) in [4.78, 5) is 0. The van der Waals surface area contributed by atoms with Crippen LogP contribution in [0.3, 0.4) is 0 Å². The van der Waals surface area contributed by atoms with Crippen LogP contribution in [0.4, 0.5) is 0 Å². The molecule has 0 bridgehead atoms. The summed E-state index contributed by atoms with van der Waals surface area (Å²) in [7, 11) is 0. The summed E-state index contributed by atoms with van der Waals surface area (Å²) in [6.45, 7) is 7.82. The Kier molecular flexibility index (Phi) is 4.30. The van der Waals surface area contributed by atoms with Gasteiger partial charge < -0.3 is 11.1 Å². The number of nitrogens with one attached hydrogen (secondary N) is 1. The summed E-state index contributed by atoms with van der Waals surface area (Å²) in [5, 5.41) is 3.51. The summed E-state index contributed by atoms with van der Waals surface area (Å²) in [5.41, 5.74) is 8.51. The summed E-state index contributed by atoms with van der Waals surface area (Å²) < 4.78 is 0. The van der Waals surface area contributed by atoms with Crippen LogP contribution in [-0.4, -0.2) is 6.54 Å². The average Bonchev–Trinajstić information content (AvgIpc) is 2.15. The van der Waals surface area contributed by atoms with E-state index in [2.05, 4.69) is 26.1 Å². The molecule has 1 aliphatic rings. The van der Waals surface area contributed by atoms with Crippen molar-refractivity contribution in [3.63, 3.8) is 0 Å². The average molecular weight is 196 g/mol. The fourth-order valence-corrected chi connectivity index (χ4v) is 2.20. The van der Waals surface area contributed by atoms with E-state index < -0.39 is 0 Å². The van der Waals surface area contributed by atoms with Crippen LogP contribution in [0.2, 0.25) is 0 Å². The van der Waals surface area contributed by atoms with Gasteiger partial charge in [-0.05, 0) is 31.6 Å². The molecule has 0 heterocycles. The van der Waals surface area contributed by atoms with Crippen LogP contribution in [-0.2, 0) is 0 Å². The van der Waals surface area contributed by atoms with E-state index >= 15 is 0 Å². The van der Waals surface area contributed by atoms with Gasteiger partial charge in [-0.15, -0.1) is 0 Å². The number of hydrogen-bond acceptors (Lipinski definition) is 2. The second kappa shape index (κ2) is 5.28. The van der Waals surface area contributed by atoms with Crippen molar-refractivity contribution in [3.05, 3.63) is 11.4 Å². The number of nitrogens with two attached hydrogens (primary N) is 1. The summed E-state index contributed by atoms with van der Waals surface area (Å²) >= 11 is 0. The smallest absolute Gasteiger partial charge is 0.0331 e. The van der Waals surface area contributed by atoms with Gasteiger partial charge in [-0.3, -0.25) is 0 Å². The largest absolute Gasteiger partial charge is 0.401 e. The summed E-state index contributed by atoms with van der Waals surface area (Å²) in [5.74, 6) is 1.36. The van der Waals surface area contributed by atoms with Crippen molar-refractivity contribution in [1.29, 1.82) is 0 Å². The van der Waals surface area contributed by atoms with Gasteiger partial charge in [0, 0.05) is 23.9 Å². The molecule has 2 nitrogen and oxygen atoms in total. The van der Waals surface area contributed by atoms with Crippen molar-refractivity contribution < 1.29 is 0 Å². The van der Waals surface area contributed by atoms with Crippen LogP contribution < -0.4 is 11.1 Å². The second-order valence-corrected chi connectivity index (χ2v) is 4.61. The molecule has 0 aromatic rings. The third-order valence-corrected chi connectivity index (χ3v) is 3.05. The highest BCUT2D eigenvalue weighted by Gasteiger charge is 2.23. The topological polar surface area (TPSA) is 38.0 Å². The first-order valence-electron chi connectivity index (χ1n) is 5.89. The van der Waals surface area contributed by atoms with Gasteiger partial charge >= 0.3 is 0 Å². The summed E-state index contributed by atoms with van der Waals surface area (Å²) in [6.07, 6.45) is 4.80. The highest BCUT2D eigenvalue weighted by Crippen LogP contribution is 2.31. The maximum absolute atomic E-state index is 6.07. The van der Waals surface area contributed by atoms with Crippen LogP contribution in [0.1, 0.15) is 46.5 Å². The molecule has 0 aromatic carbocycles. The molecule has 0 radical (unpaired) electrons. The van der Waals surface area contributed by atoms with Crippen LogP contribution in [0, 0.1) is 11.8 Å². The SMILES string of the molecule is CCCNC1=C(N)CCCC1C(C)C. The fraction of sp³-hybridized carbons (Fsp3) is 0.833. The van der Waals surface area contributed by atoms with Gasteiger partial charge in [0.1, 0.15) is 0 Å². The highest BCUT2D eigenvalue weighted by molar-refractivity contribution is 5.16. The first kappa shape index (κ1) is 11.4. The maximum Gasteiger partial charge on any atom is 0.0331 e. The Bertz CT molecular complexity index is 206. The molecule has 1 aliphatic carbocycles. The predicted molar refractivity (Wildman–Crippen MR) is 61.7 cm³/mol. The van der Waals surface area contributed by atoms with E-state index in [1.165, 1.54) is 25.0 Å². The minimum absolute atomic E-state index is 0.662. The van der Waals surface area contributed by atoms with Crippen molar-refractivity contribution in [2.45, 2.75) is 46.5 Å². The first-order chi connectivity index (χ1) is 6.66. The van der Waals surface area contributed by atoms with E-state index in [-0.39, 0.29) is 0 Å². The molecule has 82 valence electrons. The molecule has 1 rings (SSSR count). The normalized spacial score (nSPS) is 23.0. The number of allylic oxidation sites excluding steroid dienone is 2. The fourth-order valence-electron chi connectivity index (χ4n) is 2.20. The van der Waals surface area contributed by atoms with E-state index in [9.17, 15) is 0 Å². The molecule has 0 saturated heterocycles. The molecular formula is C12H24N2. The Hall–Kier alpha value is -0.660. The van der Waals surface area contributed by atoms with Gasteiger partial charge in [-0.25, -0.2) is 0 Å². The zero-order chi connectivity index (χ0) is 10.6. The molecule has 0 fully saturated rings. The first-order valence-corrected chi connectivity index (χ1v) is 5.89. The monoisotopic (exact) mass is 196 g/mol. The van der Waals surface area contributed by atoms with Crippen molar-refractivity contribution >= 4 is 0 Å². The van der Waals surface area contributed by atoms with E-state index in [1.807, 2.05) is 0 Å². The lowest BCUT2D eigenvalue weighted by atomic mass is 9.82. The minimum atomic E-state index is 0.662. The van der Waals surface area contributed by atoms with Crippen LogP contribution in [0.15, 0.2) is 11.4 Å². The molecule has 0 aromatic heterocycles. The number of rotatable bonds is 4. The van der Waals surface area contributed by atoms with Crippen molar-refractivity contribution in [1.82, 2.24) is 5.32 Å². The molecule has 0 amide bonds. The van der Waals surface area contributed by atoms with Gasteiger partial charge in [-0.1, -0.05) is 20.8 Å². The lowest BCUT2D eigenvalue weighted by Crippen LogP contribution is -2.30. The van der Waals surface area contributed by atoms with E-state index in [1.54, 1.807) is 0 Å². The van der Waals surface area contributed by atoms with Gasteiger partial charge in [0.05, 0.1) is 0 Å². The minimum Gasteiger partial charge on any atom is -0.401 e. The maximum atomic E-state index is 6.07. The van der Waals surface area contributed by atoms with Crippen LogP contribution in [0.5, 0.6) is 0 Å². The van der Waals surface area contributed by atoms with Gasteiger partial charge in [0.25, 0.3) is 0 Å². The Morgan fingerprint density at radius 2 is 2.21 bits per heavy atom. The standard InChI is InChI=1S/C12H24N2/c1-4-8-14-12-10(9(2)3)6-5-7-11(12)13/h9-10,14H,4-8,13H2,1-3H3. The van der Waals surface area contributed by atoms with E-state index in [0.717, 1.165) is 18.7 Å². The molecule has 3 N–H and O–H groups in total. The van der Waals surface area contributed by atoms with E-state index in [0.29, 0.717) is 11.8 Å². The number of hydrogen-bond donors (Lipinski definition) is 2. The van der Waals surface area contributed by atoms with E-state index in [4.69, 9.17) is 5.73 Å². The summed E-state index contributed by atoms with van der Waals surface area (Å²) in [6, 6.07) is 0. The molecule has 0 aliphatic heterocycles. The lowest BCUT2D eigenvalue weighted by Gasteiger charge is -2.30. The molecule has 0 saturated carbocycles. The zero-order valence-corrected chi connectivity index (χ0v) is 9.77. The molecular weight excluding hydrogens is 172 g/mol. The quantitative estimate of drug-likeness (QED) is 0.725. The molecule has 1 atom stereocenters. The highest BCUT2D eigenvalue weighted by atomic mass is 14.9. The Morgan fingerprint density at radius 1 is 1.50 bits per heavy atom. The van der Waals surface area contributed by atoms with Crippen molar-refractivity contribution in [2.75, 3.05) is 6.54 Å². The molecule has 1 unspecified atom stereocenters. The predicted octanol–water partition coefficient (Wildman–Crippen LogP) is 2.61. The van der Waals surface area contributed by atoms with Crippen molar-refractivity contribution in [3.8, 4) is 0 Å². The van der Waals surface area contributed by atoms with Crippen molar-refractivity contribution in [2.24, 2.45) is 17.6 Å². The van der Waals surface area contributed by atoms with Crippen LogP contribution in [0.25, 0.3) is 0 Å². The molecule has 2 heteroatoms.